The molecule has 0 bridgehead atoms. The van der Waals surface area contributed by atoms with Crippen molar-refractivity contribution in [1.82, 2.24) is 5.43 Å². The average Bonchev–Trinajstić information content (AvgIpc) is 2.44. The van der Waals surface area contributed by atoms with Crippen molar-refractivity contribution in [3.8, 4) is 11.5 Å². The minimum atomic E-state index is -0.0574. The summed E-state index contributed by atoms with van der Waals surface area (Å²) in [5.41, 5.74) is 5.15. The molecular weight excluding hydrogens is 286 g/mol. The SMILES string of the molecule is Cc1ccc(NC(=S)NN=Cc2ccc(O)cc2O)cc1. The summed E-state index contributed by atoms with van der Waals surface area (Å²) < 4.78 is 0. The lowest BCUT2D eigenvalue weighted by molar-refractivity contribution is 0.450. The number of hydrazone groups is 1. The van der Waals surface area contributed by atoms with Gasteiger partial charge < -0.3 is 15.5 Å². The zero-order valence-electron chi connectivity index (χ0n) is 11.4. The van der Waals surface area contributed by atoms with Crippen molar-refractivity contribution in [2.24, 2.45) is 5.10 Å². The fourth-order valence-corrected chi connectivity index (χ4v) is 1.77. The molecule has 0 radical (unpaired) electrons. The summed E-state index contributed by atoms with van der Waals surface area (Å²) in [6.45, 7) is 2.01. The minimum Gasteiger partial charge on any atom is -0.508 e. The smallest absolute Gasteiger partial charge is 0.191 e. The molecule has 0 aliphatic heterocycles. The Morgan fingerprint density at radius 1 is 1.14 bits per heavy atom. The maximum Gasteiger partial charge on any atom is 0.191 e. The van der Waals surface area contributed by atoms with E-state index in [1.807, 2.05) is 31.2 Å². The first-order valence-corrected chi connectivity index (χ1v) is 6.64. The van der Waals surface area contributed by atoms with Gasteiger partial charge in [0, 0.05) is 17.3 Å². The van der Waals surface area contributed by atoms with Crippen LogP contribution in [0.3, 0.4) is 0 Å². The van der Waals surface area contributed by atoms with Crippen molar-refractivity contribution in [1.29, 1.82) is 0 Å². The van der Waals surface area contributed by atoms with E-state index >= 15 is 0 Å². The molecule has 0 spiro atoms. The lowest BCUT2D eigenvalue weighted by Crippen LogP contribution is -2.23. The average molecular weight is 301 g/mol. The molecule has 0 aromatic heterocycles. The van der Waals surface area contributed by atoms with Crippen molar-refractivity contribution >= 4 is 29.2 Å². The topological polar surface area (TPSA) is 76.9 Å². The Morgan fingerprint density at radius 3 is 2.52 bits per heavy atom. The number of hydrogen-bond donors (Lipinski definition) is 4. The number of benzene rings is 2. The van der Waals surface area contributed by atoms with E-state index in [1.54, 1.807) is 6.07 Å². The predicted molar refractivity (Wildman–Crippen MR) is 87.9 cm³/mol. The van der Waals surface area contributed by atoms with Crippen molar-refractivity contribution in [2.75, 3.05) is 5.32 Å². The van der Waals surface area contributed by atoms with Crippen LogP contribution in [0.1, 0.15) is 11.1 Å². The predicted octanol–water partition coefficient (Wildman–Crippen LogP) is 2.73. The van der Waals surface area contributed by atoms with Crippen LogP contribution in [0.25, 0.3) is 0 Å². The normalized spacial score (nSPS) is 10.5. The van der Waals surface area contributed by atoms with Crippen LogP contribution in [0.2, 0.25) is 0 Å². The van der Waals surface area contributed by atoms with Gasteiger partial charge >= 0.3 is 0 Å². The minimum absolute atomic E-state index is 0.00540. The van der Waals surface area contributed by atoms with Gasteiger partial charge in [-0.2, -0.15) is 5.10 Å². The highest BCUT2D eigenvalue weighted by atomic mass is 32.1. The second-order valence-electron chi connectivity index (χ2n) is 4.43. The zero-order valence-corrected chi connectivity index (χ0v) is 12.2. The van der Waals surface area contributed by atoms with Crippen molar-refractivity contribution in [3.63, 3.8) is 0 Å². The standard InChI is InChI=1S/C15H15N3O2S/c1-10-2-5-12(6-3-10)17-15(21)18-16-9-11-4-7-13(19)8-14(11)20/h2-9,19-20H,1H3,(H2,17,18,21). The van der Waals surface area contributed by atoms with Gasteiger partial charge in [-0.1, -0.05) is 17.7 Å². The van der Waals surface area contributed by atoms with Crippen molar-refractivity contribution in [3.05, 3.63) is 53.6 Å². The van der Waals surface area contributed by atoms with Gasteiger partial charge in [-0.3, -0.25) is 5.43 Å². The van der Waals surface area contributed by atoms with Gasteiger partial charge in [-0.05, 0) is 43.4 Å². The van der Waals surface area contributed by atoms with E-state index in [0.717, 1.165) is 5.69 Å². The molecule has 0 saturated carbocycles. The number of thiocarbonyl (C=S) groups is 1. The molecule has 0 saturated heterocycles. The Bertz CT molecular complexity index is 669. The number of hydrogen-bond acceptors (Lipinski definition) is 4. The zero-order chi connectivity index (χ0) is 15.2. The third kappa shape index (κ3) is 4.47. The summed E-state index contributed by atoms with van der Waals surface area (Å²) in [4.78, 5) is 0. The molecule has 0 aliphatic carbocycles. The fraction of sp³-hybridized carbons (Fsp3) is 0.0667. The Balaban J connectivity index is 1.91. The molecule has 108 valence electrons. The monoisotopic (exact) mass is 301 g/mol. The number of anilines is 1. The van der Waals surface area contributed by atoms with Crippen LogP contribution in [-0.2, 0) is 0 Å². The molecule has 0 aliphatic rings. The van der Waals surface area contributed by atoms with Gasteiger partial charge in [-0.25, -0.2) is 0 Å². The lowest BCUT2D eigenvalue weighted by atomic mass is 10.2. The largest absolute Gasteiger partial charge is 0.508 e. The van der Waals surface area contributed by atoms with Crippen molar-refractivity contribution < 1.29 is 10.2 Å². The molecule has 2 aromatic rings. The fourth-order valence-electron chi connectivity index (χ4n) is 1.60. The quantitative estimate of drug-likeness (QED) is 0.398. The van der Waals surface area contributed by atoms with Gasteiger partial charge in [0.2, 0.25) is 0 Å². The van der Waals surface area contributed by atoms with E-state index in [4.69, 9.17) is 12.2 Å². The van der Waals surface area contributed by atoms with Crippen LogP contribution < -0.4 is 10.7 Å². The number of aromatic hydroxyl groups is 2. The highest BCUT2D eigenvalue weighted by molar-refractivity contribution is 7.80. The molecule has 0 atom stereocenters. The third-order valence-corrected chi connectivity index (χ3v) is 2.89. The van der Waals surface area contributed by atoms with Gasteiger partial charge in [0.15, 0.2) is 5.11 Å². The van der Waals surface area contributed by atoms with E-state index in [9.17, 15) is 10.2 Å². The number of nitrogens with zero attached hydrogens (tertiary/aromatic N) is 1. The van der Waals surface area contributed by atoms with E-state index in [2.05, 4.69) is 15.8 Å². The number of phenols is 2. The van der Waals surface area contributed by atoms with Gasteiger partial charge in [0.1, 0.15) is 11.5 Å². The summed E-state index contributed by atoms with van der Waals surface area (Å²) in [7, 11) is 0. The molecule has 0 heterocycles. The Morgan fingerprint density at radius 2 is 1.86 bits per heavy atom. The van der Waals surface area contributed by atoms with Crippen LogP contribution in [0, 0.1) is 6.92 Å². The van der Waals surface area contributed by atoms with Crippen LogP contribution >= 0.6 is 12.2 Å². The summed E-state index contributed by atoms with van der Waals surface area (Å²) in [5.74, 6) is -0.0628. The number of aryl methyl sites for hydroxylation is 1. The number of nitrogens with one attached hydrogen (secondary N) is 2. The summed E-state index contributed by atoms with van der Waals surface area (Å²) in [6.07, 6.45) is 1.41. The van der Waals surface area contributed by atoms with Crippen LogP contribution in [0.4, 0.5) is 5.69 Å². The Hall–Kier alpha value is -2.60. The molecule has 0 amide bonds. The Kier molecular flexibility index (Phi) is 4.73. The van der Waals surface area contributed by atoms with Crippen LogP contribution in [-0.4, -0.2) is 21.5 Å². The molecule has 6 heteroatoms. The van der Waals surface area contributed by atoms with Gasteiger partial charge in [-0.15, -0.1) is 0 Å². The number of phenolic OH excluding ortho intramolecular Hbond substituents is 2. The highest BCUT2D eigenvalue weighted by Crippen LogP contribution is 2.20. The van der Waals surface area contributed by atoms with Gasteiger partial charge in [0.25, 0.3) is 0 Å². The van der Waals surface area contributed by atoms with E-state index < -0.39 is 0 Å². The van der Waals surface area contributed by atoms with Crippen LogP contribution in [0.5, 0.6) is 11.5 Å². The summed E-state index contributed by atoms with van der Waals surface area (Å²) in [5, 5.41) is 26.0. The highest BCUT2D eigenvalue weighted by Gasteiger charge is 1.99. The third-order valence-electron chi connectivity index (χ3n) is 2.69. The number of rotatable bonds is 3. The molecule has 5 nitrogen and oxygen atoms in total. The van der Waals surface area contributed by atoms with Crippen LogP contribution in [0.15, 0.2) is 47.6 Å². The van der Waals surface area contributed by atoms with E-state index in [0.29, 0.717) is 10.7 Å². The second kappa shape index (κ2) is 6.71. The van der Waals surface area contributed by atoms with E-state index in [-0.39, 0.29) is 11.5 Å². The molecule has 21 heavy (non-hydrogen) atoms. The van der Waals surface area contributed by atoms with Gasteiger partial charge in [0.05, 0.1) is 6.21 Å². The molecule has 2 rings (SSSR count). The molecule has 4 N–H and O–H groups in total. The lowest BCUT2D eigenvalue weighted by Gasteiger charge is -2.07. The molecule has 2 aromatic carbocycles. The maximum absolute atomic E-state index is 9.59. The second-order valence-corrected chi connectivity index (χ2v) is 4.84. The first kappa shape index (κ1) is 14.8. The summed E-state index contributed by atoms with van der Waals surface area (Å²) in [6, 6.07) is 12.0. The molecular formula is C15H15N3O2S. The maximum atomic E-state index is 9.59. The van der Waals surface area contributed by atoms with Crippen molar-refractivity contribution in [2.45, 2.75) is 6.92 Å². The summed E-state index contributed by atoms with van der Waals surface area (Å²) >= 11 is 5.10. The first-order valence-electron chi connectivity index (χ1n) is 6.23. The van der Waals surface area contributed by atoms with E-state index in [1.165, 1.54) is 23.9 Å². The Labute approximate surface area is 127 Å². The first-order chi connectivity index (χ1) is 10.0. The molecule has 0 unspecified atom stereocenters. The molecule has 0 fully saturated rings.